The number of sulfonamides is 1. The van der Waals surface area contributed by atoms with Crippen molar-refractivity contribution in [2.75, 3.05) is 13.6 Å². The highest BCUT2D eigenvalue weighted by atomic mass is 32.2. The number of hydrogen-bond acceptors (Lipinski definition) is 4. The molecular weight excluding hydrogens is 264 g/mol. The molecule has 0 radical (unpaired) electrons. The zero-order valence-corrected chi connectivity index (χ0v) is 12.1. The van der Waals surface area contributed by atoms with Crippen molar-refractivity contribution in [3.63, 3.8) is 0 Å². The van der Waals surface area contributed by atoms with Gasteiger partial charge in [-0.2, -0.15) is 0 Å². The summed E-state index contributed by atoms with van der Waals surface area (Å²) in [5.74, 6) is 1.09. The van der Waals surface area contributed by atoms with E-state index in [0.29, 0.717) is 24.8 Å². The van der Waals surface area contributed by atoms with Gasteiger partial charge in [-0.1, -0.05) is 19.3 Å². The number of rotatable bonds is 6. The third kappa shape index (κ3) is 4.06. The maximum Gasteiger partial charge on any atom is 0.273 e. The highest BCUT2D eigenvalue weighted by Gasteiger charge is 2.21. The maximum absolute atomic E-state index is 12.1. The number of furan rings is 1. The van der Waals surface area contributed by atoms with Crippen molar-refractivity contribution in [3.8, 4) is 0 Å². The van der Waals surface area contributed by atoms with E-state index in [9.17, 15) is 8.42 Å². The Kier molecular flexibility index (Phi) is 5.01. The predicted molar refractivity (Wildman–Crippen MR) is 73.2 cm³/mol. The Morgan fingerprint density at radius 2 is 2.00 bits per heavy atom. The highest BCUT2D eigenvalue weighted by molar-refractivity contribution is 7.89. The van der Waals surface area contributed by atoms with Gasteiger partial charge in [-0.05, 0) is 37.9 Å². The first-order valence-electron chi connectivity index (χ1n) is 6.85. The Balaban J connectivity index is 1.92. The molecule has 19 heavy (non-hydrogen) atoms. The largest absolute Gasteiger partial charge is 0.447 e. The van der Waals surface area contributed by atoms with E-state index in [4.69, 9.17) is 4.42 Å². The van der Waals surface area contributed by atoms with Gasteiger partial charge in [0.1, 0.15) is 5.76 Å². The lowest BCUT2D eigenvalue weighted by atomic mass is 9.90. The standard InChI is InChI=1S/C13H22N2O3S/c1-14-10-12-7-8-13(18-12)19(16,17)15-9-11-5-3-2-4-6-11/h7-8,11,14-15H,2-6,9-10H2,1H3. The van der Waals surface area contributed by atoms with Crippen molar-refractivity contribution < 1.29 is 12.8 Å². The van der Waals surface area contributed by atoms with Crippen LogP contribution < -0.4 is 10.0 Å². The van der Waals surface area contributed by atoms with E-state index in [-0.39, 0.29) is 5.09 Å². The molecule has 0 unspecified atom stereocenters. The molecule has 1 aliphatic carbocycles. The second-order valence-corrected chi connectivity index (χ2v) is 6.80. The van der Waals surface area contributed by atoms with E-state index in [0.717, 1.165) is 12.8 Å². The van der Waals surface area contributed by atoms with Gasteiger partial charge in [0.05, 0.1) is 6.54 Å². The molecule has 1 fully saturated rings. The maximum atomic E-state index is 12.1. The Morgan fingerprint density at radius 3 is 2.68 bits per heavy atom. The van der Waals surface area contributed by atoms with Gasteiger partial charge in [-0.25, -0.2) is 13.1 Å². The van der Waals surface area contributed by atoms with Crippen LogP contribution in [0.1, 0.15) is 37.9 Å². The molecule has 1 aromatic heterocycles. The van der Waals surface area contributed by atoms with Crippen LogP contribution in [0.25, 0.3) is 0 Å². The van der Waals surface area contributed by atoms with Gasteiger partial charge in [0.15, 0.2) is 0 Å². The van der Waals surface area contributed by atoms with E-state index in [1.165, 1.54) is 25.3 Å². The van der Waals surface area contributed by atoms with Crippen LogP contribution in [0.3, 0.4) is 0 Å². The van der Waals surface area contributed by atoms with Crippen molar-refractivity contribution in [1.82, 2.24) is 10.0 Å². The first-order chi connectivity index (χ1) is 9.12. The summed E-state index contributed by atoms with van der Waals surface area (Å²) in [6.07, 6.45) is 5.92. The second kappa shape index (κ2) is 6.54. The molecule has 0 atom stereocenters. The second-order valence-electron chi connectivity index (χ2n) is 5.11. The molecule has 6 heteroatoms. The van der Waals surface area contributed by atoms with Crippen LogP contribution in [0.5, 0.6) is 0 Å². The van der Waals surface area contributed by atoms with Crippen LogP contribution in [0.15, 0.2) is 21.6 Å². The summed E-state index contributed by atoms with van der Waals surface area (Å²) >= 11 is 0. The molecule has 1 saturated carbocycles. The summed E-state index contributed by atoms with van der Waals surface area (Å²) in [6, 6.07) is 3.20. The molecule has 0 amide bonds. The number of hydrogen-bond donors (Lipinski definition) is 2. The summed E-state index contributed by atoms with van der Waals surface area (Å²) in [7, 11) is -1.71. The first-order valence-corrected chi connectivity index (χ1v) is 8.33. The van der Waals surface area contributed by atoms with Gasteiger partial charge >= 0.3 is 0 Å². The van der Waals surface area contributed by atoms with Gasteiger partial charge in [0.25, 0.3) is 10.0 Å². The van der Waals surface area contributed by atoms with Crippen molar-refractivity contribution >= 4 is 10.0 Å². The summed E-state index contributed by atoms with van der Waals surface area (Å²) < 4.78 is 32.1. The molecule has 0 bridgehead atoms. The highest BCUT2D eigenvalue weighted by Crippen LogP contribution is 2.23. The van der Waals surface area contributed by atoms with Crippen molar-refractivity contribution in [2.24, 2.45) is 5.92 Å². The molecule has 0 saturated heterocycles. The topological polar surface area (TPSA) is 71.3 Å². The minimum atomic E-state index is -3.50. The van der Waals surface area contributed by atoms with E-state index in [2.05, 4.69) is 10.0 Å². The predicted octanol–water partition coefficient (Wildman–Crippen LogP) is 1.86. The van der Waals surface area contributed by atoms with Crippen LogP contribution in [-0.4, -0.2) is 22.0 Å². The Bertz CT molecular complexity index is 490. The third-order valence-electron chi connectivity index (χ3n) is 3.54. The summed E-state index contributed by atoms with van der Waals surface area (Å²) in [6.45, 7) is 1.04. The van der Waals surface area contributed by atoms with E-state index >= 15 is 0 Å². The zero-order chi connectivity index (χ0) is 13.7. The summed E-state index contributed by atoms with van der Waals surface area (Å²) in [4.78, 5) is 0. The van der Waals surface area contributed by atoms with Crippen LogP contribution in [-0.2, 0) is 16.6 Å². The summed E-state index contributed by atoms with van der Waals surface area (Å²) in [5.41, 5.74) is 0. The molecule has 108 valence electrons. The Hall–Kier alpha value is -0.850. The van der Waals surface area contributed by atoms with Gasteiger partial charge in [0.2, 0.25) is 5.09 Å². The Morgan fingerprint density at radius 1 is 1.26 bits per heavy atom. The normalized spacial score (nSPS) is 17.7. The SMILES string of the molecule is CNCc1ccc(S(=O)(=O)NCC2CCCCC2)o1. The molecule has 1 aliphatic rings. The molecule has 0 aromatic carbocycles. The van der Waals surface area contributed by atoms with Gasteiger partial charge in [0, 0.05) is 6.54 Å². The molecule has 5 nitrogen and oxygen atoms in total. The molecule has 2 rings (SSSR count). The van der Waals surface area contributed by atoms with Gasteiger partial charge in [-0.3, -0.25) is 0 Å². The molecular formula is C13H22N2O3S. The molecule has 2 N–H and O–H groups in total. The van der Waals surface area contributed by atoms with Crippen LogP contribution in [0.4, 0.5) is 0 Å². The van der Waals surface area contributed by atoms with Gasteiger partial charge < -0.3 is 9.73 Å². The average molecular weight is 286 g/mol. The quantitative estimate of drug-likeness (QED) is 0.837. The fourth-order valence-corrected chi connectivity index (χ4v) is 3.52. The monoisotopic (exact) mass is 286 g/mol. The smallest absolute Gasteiger partial charge is 0.273 e. The first kappa shape index (κ1) is 14.6. The minimum Gasteiger partial charge on any atom is -0.447 e. The minimum absolute atomic E-state index is 0.00793. The van der Waals surface area contributed by atoms with Gasteiger partial charge in [-0.15, -0.1) is 0 Å². The Labute approximate surface area is 114 Å². The lowest BCUT2D eigenvalue weighted by molar-refractivity contribution is 0.353. The average Bonchev–Trinajstić information content (AvgIpc) is 2.88. The van der Waals surface area contributed by atoms with Crippen LogP contribution in [0.2, 0.25) is 0 Å². The zero-order valence-electron chi connectivity index (χ0n) is 11.3. The molecule has 1 aromatic rings. The van der Waals surface area contributed by atoms with Crippen LogP contribution >= 0.6 is 0 Å². The van der Waals surface area contributed by atoms with E-state index in [1.54, 1.807) is 13.1 Å². The lowest BCUT2D eigenvalue weighted by Crippen LogP contribution is -2.30. The fourth-order valence-electron chi connectivity index (χ4n) is 2.46. The molecule has 1 heterocycles. The van der Waals surface area contributed by atoms with E-state index in [1.807, 2.05) is 0 Å². The van der Waals surface area contributed by atoms with Crippen molar-refractivity contribution in [2.45, 2.75) is 43.7 Å². The van der Waals surface area contributed by atoms with Crippen LogP contribution in [0, 0.1) is 5.92 Å². The van der Waals surface area contributed by atoms with Crippen molar-refractivity contribution in [3.05, 3.63) is 17.9 Å². The molecule has 0 spiro atoms. The van der Waals surface area contributed by atoms with Crippen molar-refractivity contribution in [1.29, 1.82) is 0 Å². The van der Waals surface area contributed by atoms with E-state index < -0.39 is 10.0 Å². The third-order valence-corrected chi connectivity index (χ3v) is 4.84. The lowest BCUT2D eigenvalue weighted by Gasteiger charge is -2.21. The number of nitrogens with one attached hydrogen (secondary N) is 2. The molecule has 0 aliphatic heterocycles. The fraction of sp³-hybridized carbons (Fsp3) is 0.692. The summed E-state index contributed by atoms with van der Waals surface area (Å²) in [5, 5.41) is 2.93.